The van der Waals surface area contributed by atoms with Gasteiger partial charge in [0.2, 0.25) is 0 Å². The molecule has 0 spiro atoms. The Bertz CT molecular complexity index is 590. The van der Waals surface area contributed by atoms with Gasteiger partial charge in [-0.2, -0.15) is 0 Å². The highest BCUT2D eigenvalue weighted by molar-refractivity contribution is 7.13. The average molecular weight is 290 g/mol. The van der Waals surface area contributed by atoms with E-state index in [2.05, 4.69) is 11.9 Å². The molecule has 0 aliphatic carbocycles. The van der Waals surface area contributed by atoms with Crippen LogP contribution in [0.4, 0.5) is 5.69 Å². The fourth-order valence-electron chi connectivity index (χ4n) is 1.94. The van der Waals surface area contributed by atoms with Crippen molar-refractivity contribution in [2.75, 3.05) is 12.8 Å². The summed E-state index contributed by atoms with van der Waals surface area (Å²) in [4.78, 5) is 16.9. The zero-order valence-electron chi connectivity index (χ0n) is 11.7. The number of hydrogen-bond donors (Lipinski definition) is 1. The lowest BCUT2D eigenvalue weighted by Crippen LogP contribution is -2.02. The van der Waals surface area contributed by atoms with E-state index in [1.165, 1.54) is 18.4 Å². The molecule has 20 heavy (non-hydrogen) atoms. The van der Waals surface area contributed by atoms with Crippen molar-refractivity contribution in [3.63, 3.8) is 0 Å². The molecule has 0 atom stereocenters. The number of thiazole rings is 1. The second-order valence-corrected chi connectivity index (χ2v) is 5.63. The second-order valence-electron chi connectivity index (χ2n) is 4.54. The summed E-state index contributed by atoms with van der Waals surface area (Å²) in [5.41, 5.74) is 8.39. The lowest BCUT2D eigenvalue weighted by molar-refractivity contribution is 0.0605. The highest BCUT2D eigenvalue weighted by atomic mass is 32.1. The molecule has 5 heteroatoms. The van der Waals surface area contributed by atoms with Crippen molar-refractivity contribution < 1.29 is 9.53 Å². The van der Waals surface area contributed by atoms with Gasteiger partial charge in [0, 0.05) is 12.1 Å². The second kappa shape index (κ2) is 6.52. The number of rotatable bonds is 5. The summed E-state index contributed by atoms with van der Waals surface area (Å²) in [6, 6.07) is 7.70. The molecule has 1 aromatic heterocycles. The van der Waals surface area contributed by atoms with Gasteiger partial charge in [0.05, 0.1) is 17.8 Å². The quantitative estimate of drug-likeness (QED) is 0.679. The lowest BCUT2D eigenvalue weighted by atomic mass is 10.1. The first-order valence-electron chi connectivity index (χ1n) is 6.55. The standard InChI is InChI=1S/C15H18N2O2S/c1-3-4-12-14(15(18)19-2)20-13(17-12)9-10-5-7-11(16)8-6-10/h5-8H,3-4,9,16H2,1-2H3. The zero-order chi connectivity index (χ0) is 14.5. The van der Waals surface area contributed by atoms with Crippen LogP contribution in [0.2, 0.25) is 0 Å². The smallest absolute Gasteiger partial charge is 0.349 e. The molecule has 2 aromatic rings. The number of carbonyl (C=O) groups excluding carboxylic acids is 1. The Hall–Kier alpha value is -1.88. The van der Waals surface area contributed by atoms with Crippen molar-refractivity contribution in [1.29, 1.82) is 0 Å². The molecule has 106 valence electrons. The van der Waals surface area contributed by atoms with Crippen molar-refractivity contribution in [3.05, 3.63) is 45.4 Å². The van der Waals surface area contributed by atoms with Gasteiger partial charge in [0.25, 0.3) is 0 Å². The number of aryl methyl sites for hydroxylation is 1. The molecule has 2 N–H and O–H groups in total. The molecule has 0 aliphatic rings. The minimum Gasteiger partial charge on any atom is -0.465 e. The minimum atomic E-state index is -0.297. The molecule has 2 rings (SSSR count). The van der Waals surface area contributed by atoms with Crippen molar-refractivity contribution in [1.82, 2.24) is 4.98 Å². The highest BCUT2D eigenvalue weighted by Gasteiger charge is 2.18. The van der Waals surface area contributed by atoms with Crippen LogP contribution in [0.3, 0.4) is 0 Å². The first-order valence-corrected chi connectivity index (χ1v) is 7.37. The third-order valence-electron chi connectivity index (χ3n) is 2.93. The molecule has 1 aromatic carbocycles. The molecule has 0 fully saturated rings. The summed E-state index contributed by atoms with van der Waals surface area (Å²) in [6.07, 6.45) is 2.45. The van der Waals surface area contributed by atoms with E-state index in [1.807, 2.05) is 24.3 Å². The molecule has 0 unspecified atom stereocenters. The van der Waals surface area contributed by atoms with Gasteiger partial charge in [-0.1, -0.05) is 25.5 Å². The van der Waals surface area contributed by atoms with Crippen molar-refractivity contribution in [2.24, 2.45) is 0 Å². The highest BCUT2D eigenvalue weighted by Crippen LogP contribution is 2.23. The summed E-state index contributed by atoms with van der Waals surface area (Å²) in [5.74, 6) is -0.297. The van der Waals surface area contributed by atoms with E-state index in [-0.39, 0.29) is 5.97 Å². The summed E-state index contributed by atoms with van der Waals surface area (Å²) in [7, 11) is 1.40. The number of nitrogens with zero attached hydrogens (tertiary/aromatic N) is 1. The largest absolute Gasteiger partial charge is 0.465 e. The maximum atomic E-state index is 11.8. The number of benzene rings is 1. The van der Waals surface area contributed by atoms with Crippen LogP contribution in [-0.4, -0.2) is 18.1 Å². The van der Waals surface area contributed by atoms with E-state index in [9.17, 15) is 4.79 Å². The Kier molecular flexibility index (Phi) is 4.74. The van der Waals surface area contributed by atoms with Crippen molar-refractivity contribution in [3.8, 4) is 0 Å². The van der Waals surface area contributed by atoms with Gasteiger partial charge in [-0.15, -0.1) is 11.3 Å². The Balaban J connectivity index is 2.23. The molecule has 0 bridgehead atoms. The summed E-state index contributed by atoms with van der Waals surface area (Å²) >= 11 is 1.41. The van der Waals surface area contributed by atoms with Crippen LogP contribution in [-0.2, 0) is 17.6 Å². The van der Waals surface area contributed by atoms with Crippen LogP contribution in [0, 0.1) is 0 Å². The Morgan fingerprint density at radius 3 is 2.65 bits per heavy atom. The number of ether oxygens (including phenoxy) is 1. The molecule has 4 nitrogen and oxygen atoms in total. The lowest BCUT2D eigenvalue weighted by Gasteiger charge is -1.98. The molecular weight excluding hydrogens is 272 g/mol. The normalized spacial score (nSPS) is 10.5. The van der Waals surface area contributed by atoms with Gasteiger partial charge in [0.1, 0.15) is 4.88 Å². The molecule has 0 amide bonds. The monoisotopic (exact) mass is 290 g/mol. The number of esters is 1. The zero-order valence-corrected chi connectivity index (χ0v) is 12.5. The van der Waals surface area contributed by atoms with E-state index >= 15 is 0 Å². The first kappa shape index (κ1) is 14.5. The van der Waals surface area contributed by atoms with E-state index < -0.39 is 0 Å². The van der Waals surface area contributed by atoms with Crippen molar-refractivity contribution in [2.45, 2.75) is 26.2 Å². The predicted molar refractivity (Wildman–Crippen MR) is 81.1 cm³/mol. The van der Waals surface area contributed by atoms with Crippen LogP contribution in [0.25, 0.3) is 0 Å². The molecule has 0 aliphatic heterocycles. The third kappa shape index (κ3) is 3.36. The van der Waals surface area contributed by atoms with Gasteiger partial charge in [-0.05, 0) is 24.1 Å². The Labute approximate surface area is 122 Å². The van der Waals surface area contributed by atoms with Gasteiger partial charge in [0.15, 0.2) is 0 Å². The fourth-order valence-corrected chi connectivity index (χ4v) is 3.01. The van der Waals surface area contributed by atoms with Crippen molar-refractivity contribution >= 4 is 23.0 Å². The van der Waals surface area contributed by atoms with Crippen LogP contribution >= 0.6 is 11.3 Å². The van der Waals surface area contributed by atoms with Crippen LogP contribution in [0.15, 0.2) is 24.3 Å². The number of carbonyl (C=O) groups is 1. The van der Waals surface area contributed by atoms with E-state index in [0.717, 1.165) is 34.8 Å². The predicted octanol–water partition coefficient (Wildman–Crippen LogP) is 3.06. The van der Waals surface area contributed by atoms with Gasteiger partial charge >= 0.3 is 5.97 Å². The topological polar surface area (TPSA) is 65.2 Å². The SMILES string of the molecule is CCCc1nc(Cc2ccc(N)cc2)sc1C(=O)OC. The summed E-state index contributed by atoms with van der Waals surface area (Å²) < 4.78 is 4.82. The van der Waals surface area contributed by atoms with Gasteiger partial charge in [-0.3, -0.25) is 0 Å². The van der Waals surface area contributed by atoms with Crippen LogP contribution in [0.1, 0.15) is 39.3 Å². The van der Waals surface area contributed by atoms with Gasteiger partial charge in [-0.25, -0.2) is 9.78 Å². The van der Waals surface area contributed by atoms with E-state index in [1.54, 1.807) is 0 Å². The van der Waals surface area contributed by atoms with E-state index in [0.29, 0.717) is 11.3 Å². The van der Waals surface area contributed by atoms with Gasteiger partial charge < -0.3 is 10.5 Å². The summed E-state index contributed by atoms with van der Waals surface area (Å²) in [5, 5.41) is 0.929. The number of nitrogens with two attached hydrogens (primary N) is 1. The molecule has 0 saturated heterocycles. The number of nitrogen functional groups attached to an aromatic ring is 1. The molecule has 1 heterocycles. The Morgan fingerprint density at radius 2 is 2.05 bits per heavy atom. The first-order chi connectivity index (χ1) is 9.63. The summed E-state index contributed by atoms with van der Waals surface area (Å²) in [6.45, 7) is 2.07. The maximum absolute atomic E-state index is 11.8. The number of aromatic nitrogens is 1. The number of hydrogen-bond acceptors (Lipinski definition) is 5. The molecule has 0 saturated carbocycles. The molecular formula is C15H18N2O2S. The fraction of sp³-hybridized carbons (Fsp3) is 0.333. The molecule has 0 radical (unpaired) electrons. The Morgan fingerprint density at radius 1 is 1.35 bits per heavy atom. The maximum Gasteiger partial charge on any atom is 0.349 e. The van der Waals surface area contributed by atoms with E-state index in [4.69, 9.17) is 10.5 Å². The number of methoxy groups -OCH3 is 1. The number of anilines is 1. The van der Waals surface area contributed by atoms with Crippen LogP contribution in [0.5, 0.6) is 0 Å². The third-order valence-corrected chi connectivity index (χ3v) is 4.01. The van der Waals surface area contributed by atoms with Crippen LogP contribution < -0.4 is 5.73 Å². The minimum absolute atomic E-state index is 0.297. The average Bonchev–Trinajstić information content (AvgIpc) is 2.84.